The van der Waals surface area contributed by atoms with E-state index in [9.17, 15) is 13.6 Å². The quantitative estimate of drug-likeness (QED) is 0.466. The van der Waals surface area contributed by atoms with Gasteiger partial charge in [0.15, 0.2) is 5.83 Å². The van der Waals surface area contributed by atoms with Crippen LogP contribution in [0.1, 0.15) is 19.8 Å². The Morgan fingerprint density at radius 2 is 2.00 bits per heavy atom. The number of aliphatic imine (C=N–C) groups is 1. The molecule has 0 rings (SSSR count). The molecule has 0 saturated carbocycles. The molecule has 92 valence electrons. The molecule has 7 heteroatoms. The van der Waals surface area contributed by atoms with E-state index < -0.39 is 30.2 Å². The molecule has 0 fully saturated rings. The first-order valence-corrected chi connectivity index (χ1v) is 4.62. The Bertz CT molecular complexity index is 312. The van der Waals surface area contributed by atoms with Crippen LogP contribution in [0.15, 0.2) is 16.6 Å². The van der Waals surface area contributed by atoms with Crippen LogP contribution in [0, 0.1) is 0 Å². The standard InChI is InChI=1S/C9H15F2N3O2/c1-5(12)14-4-7(11)6(10)2-3-8(13)9(15)16/h8H,2-4,13H2,1H3,(H2,12,14)(H,15,16)/t8-/m0/s1. The SMILES string of the molecule is CC(N)=NCC(F)=C(F)CC[C@H](N)C(=O)O. The average molecular weight is 235 g/mol. The predicted molar refractivity (Wildman–Crippen MR) is 56.3 cm³/mol. The molecule has 0 bridgehead atoms. The second kappa shape index (κ2) is 6.89. The number of rotatable bonds is 6. The van der Waals surface area contributed by atoms with Gasteiger partial charge in [-0.25, -0.2) is 8.78 Å². The maximum atomic E-state index is 13.0. The minimum atomic E-state index is -1.25. The number of nitrogens with two attached hydrogens (primary N) is 2. The van der Waals surface area contributed by atoms with E-state index in [-0.39, 0.29) is 18.7 Å². The van der Waals surface area contributed by atoms with Crippen LogP contribution >= 0.6 is 0 Å². The molecule has 0 aliphatic carbocycles. The van der Waals surface area contributed by atoms with Gasteiger partial charge in [0.25, 0.3) is 0 Å². The van der Waals surface area contributed by atoms with Crippen molar-refractivity contribution in [1.82, 2.24) is 0 Å². The number of aliphatic carboxylic acids is 1. The summed E-state index contributed by atoms with van der Waals surface area (Å²) in [5.41, 5.74) is 10.3. The fourth-order valence-electron chi connectivity index (χ4n) is 0.821. The summed E-state index contributed by atoms with van der Waals surface area (Å²) in [5.74, 6) is -3.20. The molecule has 0 aromatic rings. The van der Waals surface area contributed by atoms with Gasteiger partial charge in [0.05, 0.1) is 12.4 Å². The summed E-state index contributed by atoms with van der Waals surface area (Å²) in [4.78, 5) is 13.8. The Labute approximate surface area is 91.8 Å². The highest BCUT2D eigenvalue weighted by Gasteiger charge is 2.14. The molecule has 0 aromatic heterocycles. The largest absolute Gasteiger partial charge is 0.480 e. The van der Waals surface area contributed by atoms with E-state index in [2.05, 4.69) is 4.99 Å². The number of allylic oxidation sites excluding steroid dienone is 1. The maximum absolute atomic E-state index is 13.0. The van der Waals surface area contributed by atoms with E-state index >= 15 is 0 Å². The molecule has 16 heavy (non-hydrogen) atoms. The van der Waals surface area contributed by atoms with E-state index in [1.807, 2.05) is 0 Å². The maximum Gasteiger partial charge on any atom is 0.320 e. The number of amidine groups is 1. The zero-order valence-corrected chi connectivity index (χ0v) is 8.91. The molecule has 0 amide bonds. The second-order valence-corrected chi connectivity index (χ2v) is 3.25. The van der Waals surface area contributed by atoms with Gasteiger partial charge in [0, 0.05) is 6.42 Å². The van der Waals surface area contributed by atoms with E-state index in [0.717, 1.165) is 0 Å². The summed E-state index contributed by atoms with van der Waals surface area (Å²) >= 11 is 0. The molecular formula is C9H15F2N3O2. The smallest absolute Gasteiger partial charge is 0.320 e. The molecule has 0 radical (unpaired) electrons. The van der Waals surface area contributed by atoms with Gasteiger partial charge in [0.2, 0.25) is 0 Å². The Morgan fingerprint density at radius 1 is 1.44 bits per heavy atom. The van der Waals surface area contributed by atoms with E-state index in [1.54, 1.807) is 0 Å². The van der Waals surface area contributed by atoms with Crippen molar-refractivity contribution in [2.45, 2.75) is 25.8 Å². The lowest BCUT2D eigenvalue weighted by molar-refractivity contribution is -0.138. The summed E-state index contributed by atoms with van der Waals surface area (Å²) in [5, 5.41) is 8.41. The summed E-state index contributed by atoms with van der Waals surface area (Å²) in [6, 6.07) is -1.20. The van der Waals surface area contributed by atoms with E-state index in [0.29, 0.717) is 0 Å². The molecule has 0 heterocycles. The van der Waals surface area contributed by atoms with Crippen LogP contribution < -0.4 is 11.5 Å². The van der Waals surface area contributed by atoms with Gasteiger partial charge in [-0.15, -0.1) is 0 Å². The summed E-state index contributed by atoms with van der Waals surface area (Å²) in [6.07, 6.45) is -0.529. The lowest BCUT2D eigenvalue weighted by atomic mass is 10.1. The topological polar surface area (TPSA) is 102 Å². The zero-order chi connectivity index (χ0) is 12.7. The first-order valence-electron chi connectivity index (χ1n) is 4.62. The molecule has 0 unspecified atom stereocenters. The fourth-order valence-corrected chi connectivity index (χ4v) is 0.821. The Morgan fingerprint density at radius 3 is 2.44 bits per heavy atom. The molecule has 0 spiro atoms. The predicted octanol–water partition coefficient (Wildman–Crippen LogP) is 0.706. The number of carbonyl (C=O) groups is 1. The first kappa shape index (κ1) is 14.5. The highest BCUT2D eigenvalue weighted by atomic mass is 19.2. The Hall–Kier alpha value is -1.50. The minimum Gasteiger partial charge on any atom is -0.480 e. The summed E-state index contributed by atoms with van der Waals surface area (Å²) in [6.45, 7) is 0.974. The van der Waals surface area contributed by atoms with Crippen molar-refractivity contribution in [2.75, 3.05) is 6.54 Å². The van der Waals surface area contributed by atoms with Crippen LogP contribution in [0.5, 0.6) is 0 Å². The normalized spacial score (nSPS) is 15.6. The van der Waals surface area contributed by atoms with Crippen molar-refractivity contribution in [3.63, 3.8) is 0 Å². The average Bonchev–Trinajstić information content (AvgIpc) is 2.21. The van der Waals surface area contributed by atoms with Crippen LogP contribution in [-0.2, 0) is 4.79 Å². The van der Waals surface area contributed by atoms with Crippen LogP contribution in [0.3, 0.4) is 0 Å². The molecule has 5 nitrogen and oxygen atoms in total. The van der Waals surface area contributed by atoms with Crippen molar-refractivity contribution in [2.24, 2.45) is 16.5 Å². The van der Waals surface area contributed by atoms with Crippen molar-refractivity contribution >= 4 is 11.8 Å². The van der Waals surface area contributed by atoms with Crippen LogP contribution in [0.4, 0.5) is 8.78 Å². The van der Waals surface area contributed by atoms with Gasteiger partial charge in [-0.3, -0.25) is 9.79 Å². The lowest BCUT2D eigenvalue weighted by Gasteiger charge is -2.04. The van der Waals surface area contributed by atoms with Gasteiger partial charge in [0.1, 0.15) is 11.9 Å². The molecule has 0 aliphatic rings. The Balaban J connectivity index is 4.21. The molecule has 1 atom stereocenters. The van der Waals surface area contributed by atoms with Crippen LogP contribution in [-0.4, -0.2) is 29.5 Å². The number of carboxylic acid groups (broad SMARTS) is 1. The highest BCUT2D eigenvalue weighted by molar-refractivity contribution is 5.77. The monoisotopic (exact) mass is 235 g/mol. The van der Waals surface area contributed by atoms with E-state index in [4.69, 9.17) is 16.6 Å². The summed E-state index contributed by atoms with van der Waals surface area (Å²) < 4.78 is 26.0. The number of nitrogens with zero attached hydrogens (tertiary/aromatic N) is 1. The highest BCUT2D eigenvalue weighted by Crippen LogP contribution is 2.15. The van der Waals surface area contributed by atoms with Gasteiger partial charge < -0.3 is 16.6 Å². The number of hydrogen-bond acceptors (Lipinski definition) is 3. The summed E-state index contributed by atoms with van der Waals surface area (Å²) in [7, 11) is 0. The van der Waals surface area contributed by atoms with Crippen molar-refractivity contribution in [3.8, 4) is 0 Å². The minimum absolute atomic E-state index is 0.144. The lowest BCUT2D eigenvalue weighted by Crippen LogP contribution is -2.29. The molecular weight excluding hydrogens is 220 g/mol. The van der Waals surface area contributed by atoms with Crippen molar-refractivity contribution in [1.29, 1.82) is 0 Å². The third-order valence-corrected chi connectivity index (χ3v) is 1.75. The van der Waals surface area contributed by atoms with Crippen LogP contribution in [0.2, 0.25) is 0 Å². The number of hydrogen-bond donors (Lipinski definition) is 3. The molecule has 0 saturated heterocycles. The van der Waals surface area contributed by atoms with Crippen molar-refractivity contribution in [3.05, 3.63) is 11.7 Å². The third kappa shape index (κ3) is 6.07. The first-order chi connectivity index (χ1) is 7.34. The van der Waals surface area contributed by atoms with E-state index in [1.165, 1.54) is 6.92 Å². The van der Waals surface area contributed by atoms with Gasteiger partial charge >= 0.3 is 5.97 Å². The number of halogens is 2. The second-order valence-electron chi connectivity index (χ2n) is 3.25. The molecule has 0 aliphatic heterocycles. The third-order valence-electron chi connectivity index (χ3n) is 1.75. The van der Waals surface area contributed by atoms with Gasteiger partial charge in [-0.1, -0.05) is 0 Å². The van der Waals surface area contributed by atoms with Crippen LogP contribution in [0.25, 0.3) is 0 Å². The Kier molecular flexibility index (Phi) is 6.24. The zero-order valence-electron chi connectivity index (χ0n) is 8.91. The molecule has 5 N–H and O–H groups in total. The molecule has 0 aromatic carbocycles. The van der Waals surface area contributed by atoms with Crippen molar-refractivity contribution < 1.29 is 18.7 Å². The van der Waals surface area contributed by atoms with Gasteiger partial charge in [-0.05, 0) is 13.3 Å². The van der Waals surface area contributed by atoms with Gasteiger partial charge in [-0.2, -0.15) is 0 Å². The fraction of sp³-hybridized carbons (Fsp3) is 0.556. The number of carboxylic acids is 1.